The summed E-state index contributed by atoms with van der Waals surface area (Å²) >= 11 is 1.44. The Bertz CT molecular complexity index is 1540. The van der Waals surface area contributed by atoms with Crippen LogP contribution in [0.5, 0.6) is 0 Å². The Morgan fingerprint density at radius 1 is 1.05 bits per heavy atom. The molecule has 1 atom stereocenters. The van der Waals surface area contributed by atoms with Gasteiger partial charge < -0.3 is 19.3 Å². The predicted octanol–water partition coefficient (Wildman–Crippen LogP) is 5.89. The molecule has 1 amide bonds. The molecule has 0 aliphatic carbocycles. The first-order chi connectivity index (χ1) is 18.0. The normalized spacial score (nSPS) is 12.7. The quantitative estimate of drug-likeness (QED) is 0.257. The van der Waals surface area contributed by atoms with Crippen molar-refractivity contribution in [2.45, 2.75) is 64.7 Å². The van der Waals surface area contributed by atoms with Crippen LogP contribution >= 0.6 is 11.8 Å². The van der Waals surface area contributed by atoms with E-state index >= 15 is 0 Å². The minimum absolute atomic E-state index is 0.0234. The summed E-state index contributed by atoms with van der Waals surface area (Å²) in [5, 5.41) is 14.0. The molecule has 4 rings (SSSR count). The van der Waals surface area contributed by atoms with Crippen LogP contribution in [0.3, 0.4) is 0 Å². The van der Waals surface area contributed by atoms with Gasteiger partial charge >= 0.3 is 11.6 Å². The second-order valence-electron chi connectivity index (χ2n) is 10.6. The third-order valence-corrected chi connectivity index (χ3v) is 7.89. The molecular weight excluding hydrogens is 502 g/mol. The highest BCUT2D eigenvalue weighted by atomic mass is 32.2. The first kappa shape index (κ1) is 27.5. The van der Waals surface area contributed by atoms with Gasteiger partial charge in [0.2, 0.25) is 5.91 Å². The minimum atomic E-state index is -1.09. The number of hydrogen-bond acceptors (Lipinski definition) is 6. The third-order valence-electron chi connectivity index (χ3n) is 6.78. The first-order valence-electron chi connectivity index (χ1n) is 12.6. The number of thioether (sulfide) groups is 1. The average Bonchev–Trinajstić information content (AvgIpc) is 3.30. The predicted molar refractivity (Wildman–Crippen MR) is 151 cm³/mol. The van der Waals surface area contributed by atoms with Gasteiger partial charge in [0.15, 0.2) is 0 Å². The highest BCUT2D eigenvalue weighted by Crippen LogP contribution is 2.37. The monoisotopic (exact) mass is 535 g/mol. The Morgan fingerprint density at radius 2 is 1.76 bits per heavy atom. The lowest BCUT2D eigenvalue weighted by Crippen LogP contribution is -2.42. The summed E-state index contributed by atoms with van der Waals surface area (Å²) < 4.78 is 11.6. The lowest BCUT2D eigenvalue weighted by molar-refractivity contribution is -0.141. The molecule has 1 unspecified atom stereocenters. The second kappa shape index (κ2) is 11.1. The van der Waals surface area contributed by atoms with Gasteiger partial charge in [0.05, 0.1) is 6.26 Å². The van der Waals surface area contributed by atoms with Crippen LogP contribution < -0.4 is 10.9 Å². The fourth-order valence-electron chi connectivity index (χ4n) is 4.61. The number of aliphatic carboxylic acids is 1. The summed E-state index contributed by atoms with van der Waals surface area (Å²) in [6.07, 6.45) is 1.88. The largest absolute Gasteiger partial charge is 0.480 e. The highest BCUT2D eigenvalue weighted by Gasteiger charge is 2.24. The molecule has 2 aromatic heterocycles. The Kier molecular flexibility index (Phi) is 8.02. The van der Waals surface area contributed by atoms with E-state index in [1.165, 1.54) is 11.8 Å². The molecule has 38 heavy (non-hydrogen) atoms. The molecule has 0 aliphatic heterocycles. The number of carbonyl (C=O) groups excluding carboxylic acids is 1. The van der Waals surface area contributed by atoms with Gasteiger partial charge in [0.25, 0.3) is 0 Å². The van der Waals surface area contributed by atoms with Gasteiger partial charge in [-0.2, -0.15) is 11.8 Å². The molecule has 0 saturated carbocycles. The topological polar surface area (TPSA) is 110 Å². The van der Waals surface area contributed by atoms with E-state index in [9.17, 15) is 19.5 Å². The molecule has 2 N–H and O–H groups in total. The lowest BCUT2D eigenvalue weighted by atomic mass is 9.86. The van der Waals surface area contributed by atoms with Crippen LogP contribution in [0.2, 0.25) is 0 Å². The Balaban J connectivity index is 1.50. The highest BCUT2D eigenvalue weighted by molar-refractivity contribution is 7.98. The maximum Gasteiger partial charge on any atom is 0.339 e. The van der Waals surface area contributed by atoms with Gasteiger partial charge in [-0.05, 0) is 42.9 Å². The van der Waals surface area contributed by atoms with Crippen LogP contribution in [-0.2, 0) is 27.2 Å². The number of amides is 1. The Labute approximate surface area is 225 Å². The summed E-state index contributed by atoms with van der Waals surface area (Å²) in [5.41, 5.74) is 4.62. The van der Waals surface area contributed by atoms with Gasteiger partial charge in [0, 0.05) is 45.4 Å². The van der Waals surface area contributed by atoms with E-state index in [0.717, 1.165) is 33.0 Å². The van der Waals surface area contributed by atoms with Crippen LogP contribution in [0.25, 0.3) is 21.9 Å². The lowest BCUT2D eigenvalue weighted by Gasteiger charge is -2.17. The smallest absolute Gasteiger partial charge is 0.339 e. The van der Waals surface area contributed by atoms with E-state index in [4.69, 9.17) is 8.83 Å². The molecule has 0 saturated heterocycles. The molecule has 0 aliphatic rings. The number of carboxylic acids is 1. The van der Waals surface area contributed by atoms with Crippen LogP contribution in [0, 0.1) is 13.8 Å². The number of fused-ring (bicyclic) bond motifs is 2. The van der Waals surface area contributed by atoms with Gasteiger partial charge in [-0.15, -0.1) is 0 Å². The van der Waals surface area contributed by atoms with Crippen molar-refractivity contribution in [2.24, 2.45) is 0 Å². The van der Waals surface area contributed by atoms with Crippen molar-refractivity contribution in [2.75, 3.05) is 5.75 Å². The molecule has 2 aromatic carbocycles. The summed E-state index contributed by atoms with van der Waals surface area (Å²) in [7, 11) is 0. The molecule has 0 radical (unpaired) electrons. The summed E-state index contributed by atoms with van der Waals surface area (Å²) in [5.74, 6) is -0.621. The number of rotatable bonds is 9. The Morgan fingerprint density at radius 3 is 2.42 bits per heavy atom. The maximum atomic E-state index is 12.9. The van der Waals surface area contributed by atoms with Gasteiger partial charge in [-0.25, -0.2) is 9.59 Å². The number of aryl methyl sites for hydroxylation is 2. The molecule has 2 heterocycles. The van der Waals surface area contributed by atoms with Crippen molar-refractivity contribution in [3.63, 3.8) is 0 Å². The Hall–Kier alpha value is -3.52. The van der Waals surface area contributed by atoms with Crippen molar-refractivity contribution in [1.82, 2.24) is 5.32 Å². The van der Waals surface area contributed by atoms with Crippen molar-refractivity contribution in [3.8, 4) is 0 Å². The number of nitrogens with one attached hydrogen (secondary N) is 1. The standard InChI is InChI=1S/C30H33NO6S/c1-17-20(11-12-25(32)31-24(28(33)34)16-38-15-19-9-7-6-8-10-19)29(35)37-27-18(2)26-22(13-21(17)27)23(14-36-26)30(3,4)5/h6-10,13-14,24H,11-12,15-16H2,1-5H3,(H,31,32)(H,33,34). The molecule has 7 nitrogen and oxygen atoms in total. The average molecular weight is 536 g/mol. The van der Waals surface area contributed by atoms with Crippen LogP contribution in [0.4, 0.5) is 0 Å². The molecule has 8 heteroatoms. The zero-order chi connectivity index (χ0) is 27.6. The zero-order valence-corrected chi connectivity index (χ0v) is 23.2. The van der Waals surface area contributed by atoms with E-state index < -0.39 is 23.5 Å². The van der Waals surface area contributed by atoms with E-state index in [1.54, 1.807) is 6.26 Å². The van der Waals surface area contributed by atoms with Crippen LogP contribution in [0.1, 0.15) is 55.0 Å². The maximum absolute atomic E-state index is 12.9. The molecule has 200 valence electrons. The van der Waals surface area contributed by atoms with Crippen LogP contribution in [0.15, 0.2) is 56.3 Å². The van der Waals surface area contributed by atoms with Crippen molar-refractivity contribution < 1.29 is 23.5 Å². The molecule has 0 fully saturated rings. The number of hydrogen-bond donors (Lipinski definition) is 2. The summed E-state index contributed by atoms with van der Waals surface area (Å²) in [6.45, 7) is 10.1. The van der Waals surface area contributed by atoms with E-state index in [-0.39, 0.29) is 24.0 Å². The van der Waals surface area contributed by atoms with Crippen molar-refractivity contribution >= 4 is 45.6 Å². The fraction of sp³-hybridized carbons (Fsp3) is 0.367. The van der Waals surface area contributed by atoms with Gasteiger partial charge in [0.1, 0.15) is 17.2 Å². The van der Waals surface area contributed by atoms with E-state index in [2.05, 4.69) is 26.1 Å². The third kappa shape index (κ3) is 5.80. The molecule has 4 aromatic rings. The molecule has 0 bridgehead atoms. The zero-order valence-electron chi connectivity index (χ0n) is 22.3. The van der Waals surface area contributed by atoms with Crippen molar-refractivity contribution in [3.05, 3.63) is 80.9 Å². The number of carboxylic acid groups (broad SMARTS) is 1. The van der Waals surface area contributed by atoms with Crippen LogP contribution in [-0.4, -0.2) is 28.8 Å². The summed E-state index contributed by atoms with van der Waals surface area (Å²) in [6, 6.07) is 10.7. The molecule has 0 spiro atoms. The number of furan rings is 1. The van der Waals surface area contributed by atoms with E-state index in [1.807, 2.05) is 50.2 Å². The van der Waals surface area contributed by atoms with E-state index in [0.29, 0.717) is 22.5 Å². The molecular formula is C30H33NO6S. The SMILES string of the molecule is Cc1c(CCC(=O)NC(CSCc2ccccc2)C(=O)O)c(=O)oc2c(C)c3occ(C(C)(C)C)c3cc12. The van der Waals surface area contributed by atoms with Gasteiger partial charge in [-0.3, -0.25) is 4.79 Å². The number of benzene rings is 2. The first-order valence-corrected chi connectivity index (χ1v) is 13.7. The van der Waals surface area contributed by atoms with Crippen molar-refractivity contribution in [1.29, 1.82) is 0 Å². The fourth-order valence-corrected chi connectivity index (χ4v) is 5.62. The number of carbonyl (C=O) groups is 2. The van der Waals surface area contributed by atoms with Gasteiger partial charge in [-0.1, -0.05) is 51.1 Å². The summed E-state index contributed by atoms with van der Waals surface area (Å²) in [4.78, 5) is 37.3. The minimum Gasteiger partial charge on any atom is -0.480 e. The second-order valence-corrected chi connectivity index (χ2v) is 11.6.